The second-order valence-corrected chi connectivity index (χ2v) is 7.09. The first kappa shape index (κ1) is 21.9. The van der Waals surface area contributed by atoms with Gasteiger partial charge in [-0.15, -0.1) is 0 Å². The Morgan fingerprint density at radius 1 is 1.17 bits per heavy atom. The molecule has 0 aliphatic carbocycles. The fourth-order valence-corrected chi connectivity index (χ4v) is 3.28. The van der Waals surface area contributed by atoms with Gasteiger partial charge >= 0.3 is 17.9 Å². The number of esters is 3. The molecule has 1 aromatic rings. The molecular weight excluding hydrogens is 396 g/mol. The number of carbonyl (C=O) groups excluding carboxylic acids is 3. The minimum Gasteiger partial charge on any atom is -0.466 e. The molecule has 0 unspecified atom stereocenters. The third kappa shape index (κ3) is 4.69. The zero-order chi connectivity index (χ0) is 21.9. The lowest BCUT2D eigenvalue weighted by molar-refractivity contribution is -0.210. The Morgan fingerprint density at radius 2 is 1.87 bits per heavy atom. The van der Waals surface area contributed by atoms with Crippen LogP contribution in [0.4, 0.5) is 0 Å². The predicted octanol–water partition coefficient (Wildman–Crippen LogP) is 1.75. The summed E-state index contributed by atoms with van der Waals surface area (Å²) >= 11 is 0. The maximum atomic E-state index is 12.6. The highest BCUT2D eigenvalue weighted by molar-refractivity contribution is 5.92. The van der Waals surface area contributed by atoms with Gasteiger partial charge in [0.15, 0.2) is 12.1 Å². The fourth-order valence-electron chi connectivity index (χ4n) is 3.28. The first-order chi connectivity index (χ1) is 14.3. The lowest BCUT2D eigenvalue weighted by Gasteiger charge is -2.26. The summed E-state index contributed by atoms with van der Waals surface area (Å²) in [6.45, 7) is 5.21. The third-order valence-electron chi connectivity index (χ3n) is 4.52. The van der Waals surface area contributed by atoms with Crippen LogP contribution in [0.25, 0.3) is 0 Å². The van der Waals surface area contributed by atoms with Gasteiger partial charge in [0.05, 0.1) is 19.3 Å². The maximum Gasteiger partial charge on any atom is 0.350 e. The van der Waals surface area contributed by atoms with Gasteiger partial charge in [0, 0.05) is 11.6 Å². The van der Waals surface area contributed by atoms with Gasteiger partial charge < -0.3 is 28.4 Å². The van der Waals surface area contributed by atoms with E-state index in [0.717, 1.165) is 7.11 Å². The lowest BCUT2D eigenvalue weighted by atomic mass is 10.0. The largest absolute Gasteiger partial charge is 0.466 e. The number of hydrogen-bond acceptors (Lipinski definition) is 9. The van der Waals surface area contributed by atoms with Crippen LogP contribution in [0.1, 0.15) is 31.1 Å². The quantitative estimate of drug-likeness (QED) is 0.386. The highest BCUT2D eigenvalue weighted by Crippen LogP contribution is 2.42. The summed E-state index contributed by atoms with van der Waals surface area (Å²) in [5.41, 5.74) is 0.509. The molecule has 30 heavy (non-hydrogen) atoms. The third-order valence-corrected chi connectivity index (χ3v) is 4.52. The monoisotopic (exact) mass is 420 g/mol. The normalized spacial score (nSPS) is 26.7. The van der Waals surface area contributed by atoms with Crippen LogP contribution in [0.2, 0.25) is 0 Å². The molecule has 2 aliphatic heterocycles. The van der Waals surface area contributed by atoms with Crippen LogP contribution in [0.15, 0.2) is 42.0 Å². The van der Waals surface area contributed by atoms with E-state index < -0.39 is 48.3 Å². The Balaban J connectivity index is 1.91. The number of benzene rings is 1. The van der Waals surface area contributed by atoms with Gasteiger partial charge in [0.2, 0.25) is 6.10 Å². The highest BCUT2D eigenvalue weighted by Gasteiger charge is 2.56. The van der Waals surface area contributed by atoms with E-state index in [2.05, 4.69) is 0 Å². The van der Waals surface area contributed by atoms with E-state index in [9.17, 15) is 14.4 Å². The van der Waals surface area contributed by atoms with Crippen molar-refractivity contribution in [3.05, 3.63) is 47.5 Å². The topological polar surface area (TPSA) is 107 Å². The Hall–Kier alpha value is -2.75. The summed E-state index contributed by atoms with van der Waals surface area (Å²) < 4.78 is 32.6. The van der Waals surface area contributed by atoms with E-state index in [0.29, 0.717) is 0 Å². The van der Waals surface area contributed by atoms with Crippen molar-refractivity contribution in [3.63, 3.8) is 0 Å². The van der Waals surface area contributed by atoms with Crippen molar-refractivity contribution in [3.8, 4) is 0 Å². The molecule has 4 atom stereocenters. The molecule has 0 spiro atoms. The highest BCUT2D eigenvalue weighted by atomic mass is 16.8. The zero-order valence-electron chi connectivity index (χ0n) is 17.2. The molecule has 0 aromatic heterocycles. The number of carbonyl (C=O) groups is 3. The van der Waals surface area contributed by atoms with Crippen molar-refractivity contribution in [2.24, 2.45) is 0 Å². The SMILES string of the molecule is CCOC(=O)/C=C1/[C@H]2OC(C)(C)O[C@H]2O[C@@H]1[C@H](OC(=O)c1ccccc1)C(=O)OC. The summed E-state index contributed by atoms with van der Waals surface area (Å²) in [7, 11) is 1.16. The first-order valence-corrected chi connectivity index (χ1v) is 9.49. The van der Waals surface area contributed by atoms with Crippen LogP contribution >= 0.6 is 0 Å². The molecule has 3 rings (SSSR count). The van der Waals surface area contributed by atoms with E-state index in [1.54, 1.807) is 51.1 Å². The Morgan fingerprint density at radius 3 is 2.50 bits per heavy atom. The van der Waals surface area contributed by atoms with Gasteiger partial charge in [-0.2, -0.15) is 0 Å². The van der Waals surface area contributed by atoms with E-state index in [4.69, 9.17) is 28.4 Å². The summed E-state index contributed by atoms with van der Waals surface area (Å²) in [6, 6.07) is 8.16. The summed E-state index contributed by atoms with van der Waals surface area (Å²) in [4.78, 5) is 37.1. The predicted molar refractivity (Wildman–Crippen MR) is 101 cm³/mol. The summed E-state index contributed by atoms with van der Waals surface area (Å²) in [6.07, 6.45) is -3.13. The van der Waals surface area contributed by atoms with Gasteiger partial charge in [0.1, 0.15) is 12.2 Å². The Kier molecular flexibility index (Phi) is 6.55. The lowest BCUT2D eigenvalue weighted by Crippen LogP contribution is -2.41. The van der Waals surface area contributed by atoms with Crippen LogP contribution in [0.3, 0.4) is 0 Å². The number of rotatable bonds is 6. The standard InChI is InChI=1S/C21H24O9/c1-5-26-14(22)11-13-15(28-20-16(13)29-21(2,3)30-20)17(19(24)25-4)27-18(23)12-9-7-6-8-10-12/h6-11,15-17,20H,5H2,1-4H3/b13-11+/t15-,16+,17-,20+/m0/s1. The molecule has 2 fully saturated rings. The minimum absolute atomic E-state index is 0.161. The van der Waals surface area contributed by atoms with Gasteiger partial charge in [-0.25, -0.2) is 14.4 Å². The molecule has 0 saturated carbocycles. The molecule has 9 heteroatoms. The molecule has 2 saturated heterocycles. The molecule has 0 amide bonds. The smallest absolute Gasteiger partial charge is 0.350 e. The van der Waals surface area contributed by atoms with E-state index in [1.165, 1.54) is 6.08 Å². The van der Waals surface area contributed by atoms with E-state index in [1.807, 2.05) is 0 Å². The number of ether oxygens (including phenoxy) is 6. The number of methoxy groups -OCH3 is 1. The number of hydrogen-bond donors (Lipinski definition) is 0. The molecule has 2 heterocycles. The summed E-state index contributed by atoms with van der Waals surface area (Å²) in [5, 5.41) is 0. The van der Waals surface area contributed by atoms with Gasteiger partial charge in [-0.3, -0.25) is 0 Å². The Labute approximate surface area is 173 Å². The number of fused-ring (bicyclic) bond motifs is 1. The average Bonchev–Trinajstić information content (AvgIpc) is 3.18. The molecule has 0 N–H and O–H groups in total. The zero-order valence-corrected chi connectivity index (χ0v) is 17.2. The Bertz CT molecular complexity index is 830. The molecule has 1 aromatic carbocycles. The van der Waals surface area contributed by atoms with Crippen LogP contribution in [0.5, 0.6) is 0 Å². The second kappa shape index (κ2) is 8.95. The molecule has 9 nitrogen and oxygen atoms in total. The molecule has 2 aliphatic rings. The molecule has 0 radical (unpaired) electrons. The van der Waals surface area contributed by atoms with Gasteiger partial charge in [-0.05, 0) is 32.9 Å². The van der Waals surface area contributed by atoms with Crippen molar-refractivity contribution in [2.75, 3.05) is 13.7 Å². The van der Waals surface area contributed by atoms with E-state index >= 15 is 0 Å². The van der Waals surface area contributed by atoms with Crippen molar-refractivity contribution >= 4 is 17.9 Å². The van der Waals surface area contributed by atoms with E-state index in [-0.39, 0.29) is 17.7 Å². The van der Waals surface area contributed by atoms with Gasteiger partial charge in [-0.1, -0.05) is 18.2 Å². The molecule has 162 valence electrons. The first-order valence-electron chi connectivity index (χ1n) is 9.49. The molecular formula is C21H24O9. The van der Waals surface area contributed by atoms with Crippen molar-refractivity contribution in [2.45, 2.75) is 51.2 Å². The van der Waals surface area contributed by atoms with Crippen LogP contribution in [0, 0.1) is 0 Å². The minimum atomic E-state index is -1.48. The van der Waals surface area contributed by atoms with Gasteiger partial charge in [0.25, 0.3) is 0 Å². The average molecular weight is 420 g/mol. The maximum absolute atomic E-state index is 12.6. The van der Waals surface area contributed by atoms with Crippen molar-refractivity contribution < 1.29 is 42.8 Å². The van der Waals surface area contributed by atoms with Crippen LogP contribution in [-0.2, 0) is 38.0 Å². The second-order valence-electron chi connectivity index (χ2n) is 7.09. The van der Waals surface area contributed by atoms with Crippen molar-refractivity contribution in [1.29, 1.82) is 0 Å². The fraction of sp³-hybridized carbons (Fsp3) is 0.476. The summed E-state index contributed by atoms with van der Waals surface area (Å²) in [5.74, 6) is -3.20. The van der Waals surface area contributed by atoms with Crippen molar-refractivity contribution in [1.82, 2.24) is 0 Å². The molecule has 0 bridgehead atoms. The van der Waals surface area contributed by atoms with Crippen LogP contribution in [-0.4, -0.2) is 62.0 Å². The van der Waals surface area contributed by atoms with Crippen LogP contribution < -0.4 is 0 Å².